The Labute approximate surface area is 51.0 Å². The topological polar surface area (TPSA) is 3.24 Å². The molecule has 0 aromatic rings. The van der Waals surface area contributed by atoms with Gasteiger partial charge in [0.1, 0.15) is 0 Å². The SMILES string of the molecule is C=C1CCC(C)N1C. The molecule has 0 N–H and O–H groups in total. The van der Waals surface area contributed by atoms with Gasteiger partial charge >= 0.3 is 0 Å². The maximum absolute atomic E-state index is 3.91. The fraction of sp³-hybridized carbons (Fsp3) is 0.714. The second-order valence-corrected chi connectivity index (χ2v) is 2.56. The van der Waals surface area contributed by atoms with Gasteiger partial charge < -0.3 is 4.90 Å². The molecular weight excluding hydrogens is 98.1 g/mol. The van der Waals surface area contributed by atoms with Gasteiger partial charge in [-0.15, -0.1) is 0 Å². The molecule has 8 heavy (non-hydrogen) atoms. The van der Waals surface area contributed by atoms with Crippen LogP contribution in [0, 0.1) is 0 Å². The van der Waals surface area contributed by atoms with Crippen LogP contribution in [0.4, 0.5) is 0 Å². The molecule has 1 nitrogen and oxygen atoms in total. The monoisotopic (exact) mass is 111 g/mol. The number of rotatable bonds is 0. The van der Waals surface area contributed by atoms with Gasteiger partial charge in [-0.25, -0.2) is 0 Å². The Morgan fingerprint density at radius 3 is 2.50 bits per heavy atom. The third-order valence-electron chi connectivity index (χ3n) is 2.01. The van der Waals surface area contributed by atoms with Crippen molar-refractivity contribution in [1.29, 1.82) is 0 Å². The molecular formula is C7H13N. The number of hydrogen-bond acceptors (Lipinski definition) is 1. The maximum atomic E-state index is 3.91. The summed E-state index contributed by atoms with van der Waals surface area (Å²) in [6.45, 7) is 6.15. The summed E-state index contributed by atoms with van der Waals surface area (Å²) in [5.74, 6) is 0. The van der Waals surface area contributed by atoms with Crippen molar-refractivity contribution < 1.29 is 0 Å². The summed E-state index contributed by atoms with van der Waals surface area (Å²) in [5.41, 5.74) is 1.29. The molecule has 0 bridgehead atoms. The van der Waals surface area contributed by atoms with Gasteiger partial charge in [-0.2, -0.15) is 0 Å². The van der Waals surface area contributed by atoms with Crippen LogP contribution in [-0.4, -0.2) is 18.0 Å². The second kappa shape index (κ2) is 1.81. The van der Waals surface area contributed by atoms with Gasteiger partial charge in [0.2, 0.25) is 0 Å². The van der Waals surface area contributed by atoms with E-state index in [4.69, 9.17) is 0 Å². The van der Waals surface area contributed by atoms with E-state index < -0.39 is 0 Å². The van der Waals surface area contributed by atoms with Crippen LogP contribution in [0.25, 0.3) is 0 Å². The van der Waals surface area contributed by atoms with Crippen molar-refractivity contribution in [3.63, 3.8) is 0 Å². The maximum Gasteiger partial charge on any atom is 0.0258 e. The first-order valence-corrected chi connectivity index (χ1v) is 3.12. The summed E-state index contributed by atoms with van der Waals surface area (Å²) in [6, 6.07) is 0.725. The molecule has 1 aliphatic heterocycles. The molecule has 0 amide bonds. The molecule has 1 heterocycles. The zero-order chi connectivity index (χ0) is 6.15. The van der Waals surface area contributed by atoms with E-state index in [9.17, 15) is 0 Å². The zero-order valence-electron chi connectivity index (χ0n) is 5.65. The highest BCUT2D eigenvalue weighted by Gasteiger charge is 2.17. The van der Waals surface area contributed by atoms with Crippen molar-refractivity contribution in [2.75, 3.05) is 7.05 Å². The minimum atomic E-state index is 0.725. The Hall–Kier alpha value is -0.460. The lowest BCUT2D eigenvalue weighted by Gasteiger charge is -2.17. The highest BCUT2D eigenvalue weighted by molar-refractivity contribution is 5.00. The van der Waals surface area contributed by atoms with Gasteiger partial charge in [0.05, 0.1) is 0 Å². The van der Waals surface area contributed by atoms with Crippen LogP contribution in [0.1, 0.15) is 19.8 Å². The minimum Gasteiger partial charge on any atom is -0.376 e. The van der Waals surface area contributed by atoms with Crippen molar-refractivity contribution in [2.45, 2.75) is 25.8 Å². The summed E-state index contributed by atoms with van der Waals surface area (Å²) in [7, 11) is 2.11. The van der Waals surface area contributed by atoms with Crippen LogP contribution in [0.2, 0.25) is 0 Å². The van der Waals surface area contributed by atoms with E-state index in [0.29, 0.717) is 0 Å². The second-order valence-electron chi connectivity index (χ2n) is 2.56. The molecule has 1 atom stereocenters. The lowest BCUT2D eigenvalue weighted by Crippen LogP contribution is -2.19. The molecule has 0 radical (unpaired) electrons. The summed E-state index contributed by atoms with van der Waals surface area (Å²) in [5, 5.41) is 0. The molecule has 46 valence electrons. The summed E-state index contributed by atoms with van der Waals surface area (Å²) >= 11 is 0. The van der Waals surface area contributed by atoms with Gasteiger partial charge in [0, 0.05) is 18.8 Å². The van der Waals surface area contributed by atoms with Crippen LogP contribution in [0.5, 0.6) is 0 Å². The minimum absolute atomic E-state index is 0.725. The molecule has 1 aliphatic rings. The van der Waals surface area contributed by atoms with Crippen LogP contribution in [0.3, 0.4) is 0 Å². The van der Waals surface area contributed by atoms with Crippen molar-refractivity contribution in [2.24, 2.45) is 0 Å². The van der Waals surface area contributed by atoms with Crippen LogP contribution < -0.4 is 0 Å². The van der Waals surface area contributed by atoms with E-state index in [-0.39, 0.29) is 0 Å². The largest absolute Gasteiger partial charge is 0.376 e. The predicted molar refractivity (Wildman–Crippen MR) is 35.6 cm³/mol. The van der Waals surface area contributed by atoms with E-state index in [2.05, 4.69) is 25.5 Å². The Bertz CT molecular complexity index is 107. The van der Waals surface area contributed by atoms with Crippen molar-refractivity contribution in [3.05, 3.63) is 12.3 Å². The molecule has 0 aliphatic carbocycles. The van der Waals surface area contributed by atoms with Crippen molar-refractivity contribution >= 4 is 0 Å². The Morgan fingerprint density at radius 1 is 1.75 bits per heavy atom. The quantitative estimate of drug-likeness (QED) is 0.459. The van der Waals surface area contributed by atoms with Gasteiger partial charge in [0.25, 0.3) is 0 Å². The number of likely N-dealkylation sites (tertiary alicyclic amines) is 1. The molecule has 0 aromatic carbocycles. The van der Waals surface area contributed by atoms with E-state index in [0.717, 1.165) is 6.04 Å². The summed E-state index contributed by atoms with van der Waals surface area (Å²) in [4.78, 5) is 2.25. The molecule has 0 aromatic heterocycles. The Balaban J connectivity index is 2.56. The van der Waals surface area contributed by atoms with Gasteiger partial charge in [-0.05, 0) is 19.8 Å². The normalized spacial score (nSPS) is 29.5. The fourth-order valence-electron chi connectivity index (χ4n) is 1.06. The zero-order valence-corrected chi connectivity index (χ0v) is 5.65. The highest BCUT2D eigenvalue weighted by Crippen LogP contribution is 2.22. The summed E-state index contributed by atoms with van der Waals surface area (Å²) in [6.07, 6.45) is 2.48. The van der Waals surface area contributed by atoms with E-state index in [1.165, 1.54) is 18.5 Å². The van der Waals surface area contributed by atoms with Crippen molar-refractivity contribution in [1.82, 2.24) is 4.90 Å². The number of allylic oxidation sites excluding steroid dienone is 1. The van der Waals surface area contributed by atoms with Gasteiger partial charge in [-0.3, -0.25) is 0 Å². The molecule has 1 unspecified atom stereocenters. The Kier molecular flexibility index (Phi) is 1.28. The average molecular weight is 111 g/mol. The third-order valence-corrected chi connectivity index (χ3v) is 2.01. The smallest absolute Gasteiger partial charge is 0.0258 e. The fourth-order valence-corrected chi connectivity index (χ4v) is 1.06. The molecule has 1 rings (SSSR count). The standard InChI is InChI=1S/C7H13N/c1-6-4-5-7(2)8(6)3/h7H,1,4-5H2,2-3H3. The first kappa shape index (κ1) is 5.67. The number of hydrogen-bond donors (Lipinski definition) is 0. The number of nitrogens with zero attached hydrogens (tertiary/aromatic N) is 1. The lowest BCUT2D eigenvalue weighted by molar-refractivity contribution is 0.377. The van der Waals surface area contributed by atoms with E-state index in [1.54, 1.807) is 0 Å². The predicted octanol–water partition coefficient (Wildman–Crippen LogP) is 1.61. The van der Waals surface area contributed by atoms with Crippen LogP contribution in [-0.2, 0) is 0 Å². The molecule has 1 fully saturated rings. The summed E-state index contributed by atoms with van der Waals surface area (Å²) < 4.78 is 0. The lowest BCUT2D eigenvalue weighted by atomic mass is 10.2. The average Bonchev–Trinajstić information content (AvgIpc) is 1.98. The van der Waals surface area contributed by atoms with E-state index in [1.807, 2.05) is 0 Å². The van der Waals surface area contributed by atoms with Crippen molar-refractivity contribution in [3.8, 4) is 0 Å². The van der Waals surface area contributed by atoms with Gasteiger partial charge in [0.15, 0.2) is 0 Å². The highest BCUT2D eigenvalue weighted by atomic mass is 15.2. The third kappa shape index (κ3) is 0.726. The van der Waals surface area contributed by atoms with Crippen LogP contribution >= 0.6 is 0 Å². The molecule has 0 spiro atoms. The Morgan fingerprint density at radius 2 is 2.38 bits per heavy atom. The first-order chi connectivity index (χ1) is 3.72. The van der Waals surface area contributed by atoms with Crippen LogP contribution in [0.15, 0.2) is 12.3 Å². The molecule has 1 saturated heterocycles. The van der Waals surface area contributed by atoms with Gasteiger partial charge in [-0.1, -0.05) is 6.58 Å². The molecule has 0 saturated carbocycles. The first-order valence-electron chi connectivity index (χ1n) is 3.12. The molecule has 1 heteroatoms. The van der Waals surface area contributed by atoms with E-state index >= 15 is 0 Å².